The third kappa shape index (κ3) is 2.56. The molecule has 96 valence electrons. The van der Waals surface area contributed by atoms with Gasteiger partial charge in [0.25, 0.3) is 0 Å². The van der Waals surface area contributed by atoms with E-state index in [9.17, 15) is 0 Å². The van der Waals surface area contributed by atoms with Crippen LogP contribution in [0.25, 0.3) is 11.3 Å². The molecule has 0 fully saturated rings. The summed E-state index contributed by atoms with van der Waals surface area (Å²) in [5, 5.41) is 5.65. The van der Waals surface area contributed by atoms with Gasteiger partial charge in [-0.3, -0.25) is 0 Å². The van der Waals surface area contributed by atoms with Crippen LogP contribution in [0.15, 0.2) is 64.6 Å². The zero-order valence-corrected chi connectivity index (χ0v) is 11.5. The highest BCUT2D eigenvalue weighted by atomic mass is 32.1. The lowest BCUT2D eigenvalue weighted by atomic mass is 10.1. The molecule has 0 aliphatic heterocycles. The Bertz CT molecular complexity index is 629. The first kappa shape index (κ1) is 12.1. The van der Waals surface area contributed by atoms with Gasteiger partial charge >= 0.3 is 0 Å². The van der Waals surface area contributed by atoms with E-state index >= 15 is 0 Å². The Morgan fingerprint density at radius 2 is 1.95 bits per heavy atom. The lowest BCUT2D eigenvalue weighted by molar-refractivity contribution is 0.582. The maximum Gasteiger partial charge on any atom is 0.135 e. The standard InChI is InChI=1S/C16H15NOS/c1-12(16-9-5-11-19-16)17-14-7-3-2-6-13(14)15-8-4-10-18-15/h2-12,17H,1H3. The van der Waals surface area contributed by atoms with Gasteiger partial charge in [-0.25, -0.2) is 0 Å². The van der Waals surface area contributed by atoms with Crippen molar-refractivity contribution in [2.24, 2.45) is 0 Å². The summed E-state index contributed by atoms with van der Waals surface area (Å²) >= 11 is 1.77. The summed E-state index contributed by atoms with van der Waals surface area (Å²) in [6.07, 6.45) is 1.70. The van der Waals surface area contributed by atoms with E-state index in [0.717, 1.165) is 17.0 Å². The second kappa shape index (κ2) is 5.33. The van der Waals surface area contributed by atoms with Crippen molar-refractivity contribution in [1.82, 2.24) is 0 Å². The van der Waals surface area contributed by atoms with Crippen LogP contribution >= 0.6 is 11.3 Å². The van der Waals surface area contributed by atoms with Crippen LogP contribution in [0.1, 0.15) is 17.8 Å². The minimum Gasteiger partial charge on any atom is -0.464 e. The molecule has 3 heteroatoms. The number of nitrogens with one attached hydrogen (secondary N) is 1. The highest BCUT2D eigenvalue weighted by molar-refractivity contribution is 7.10. The molecule has 0 amide bonds. The molecule has 2 heterocycles. The largest absolute Gasteiger partial charge is 0.464 e. The molecule has 0 aliphatic carbocycles. The SMILES string of the molecule is CC(Nc1ccccc1-c1ccco1)c1cccs1. The quantitative estimate of drug-likeness (QED) is 0.706. The summed E-state index contributed by atoms with van der Waals surface area (Å²) < 4.78 is 5.50. The van der Waals surface area contributed by atoms with E-state index in [0.29, 0.717) is 0 Å². The summed E-state index contributed by atoms with van der Waals surface area (Å²) in [6, 6.07) is 16.6. The second-order valence-electron chi connectivity index (χ2n) is 4.40. The molecule has 0 saturated carbocycles. The monoisotopic (exact) mass is 269 g/mol. The van der Waals surface area contributed by atoms with Crippen molar-refractivity contribution in [3.05, 3.63) is 65.1 Å². The van der Waals surface area contributed by atoms with Gasteiger partial charge in [0.2, 0.25) is 0 Å². The molecule has 2 aromatic heterocycles. The molecule has 1 atom stereocenters. The summed E-state index contributed by atoms with van der Waals surface area (Å²) in [7, 11) is 0. The van der Waals surface area contributed by atoms with Crippen molar-refractivity contribution < 1.29 is 4.42 Å². The molecule has 3 rings (SSSR count). The van der Waals surface area contributed by atoms with Gasteiger partial charge in [0.1, 0.15) is 5.76 Å². The van der Waals surface area contributed by atoms with Crippen LogP contribution in [0, 0.1) is 0 Å². The van der Waals surface area contributed by atoms with Gasteiger partial charge in [-0.1, -0.05) is 18.2 Å². The molecule has 3 aromatic rings. The van der Waals surface area contributed by atoms with Crippen LogP contribution in [-0.2, 0) is 0 Å². The van der Waals surface area contributed by atoms with Gasteiger partial charge in [-0.2, -0.15) is 0 Å². The molecule has 1 aromatic carbocycles. The number of benzene rings is 1. The number of thiophene rings is 1. The average molecular weight is 269 g/mol. The van der Waals surface area contributed by atoms with Crippen LogP contribution in [-0.4, -0.2) is 0 Å². The van der Waals surface area contributed by atoms with Crippen molar-refractivity contribution >= 4 is 17.0 Å². The van der Waals surface area contributed by atoms with Crippen molar-refractivity contribution in [3.8, 4) is 11.3 Å². The van der Waals surface area contributed by atoms with Gasteiger partial charge < -0.3 is 9.73 Å². The fourth-order valence-electron chi connectivity index (χ4n) is 2.10. The zero-order chi connectivity index (χ0) is 13.1. The van der Waals surface area contributed by atoms with Gasteiger partial charge in [0.05, 0.1) is 12.3 Å². The predicted octanol–water partition coefficient (Wildman–Crippen LogP) is 5.18. The van der Waals surface area contributed by atoms with Crippen molar-refractivity contribution in [2.75, 3.05) is 5.32 Å². The summed E-state index contributed by atoms with van der Waals surface area (Å²) in [4.78, 5) is 1.33. The molecular weight excluding hydrogens is 254 g/mol. The Hall–Kier alpha value is -2.00. The fourth-order valence-corrected chi connectivity index (χ4v) is 2.83. The lowest BCUT2D eigenvalue weighted by Crippen LogP contribution is -2.05. The highest BCUT2D eigenvalue weighted by Gasteiger charge is 2.11. The number of anilines is 1. The molecule has 0 aliphatic rings. The van der Waals surface area contributed by atoms with E-state index in [1.807, 2.05) is 24.3 Å². The van der Waals surface area contributed by atoms with Gasteiger partial charge in [0, 0.05) is 16.1 Å². The van der Waals surface area contributed by atoms with E-state index in [4.69, 9.17) is 4.42 Å². The van der Waals surface area contributed by atoms with Crippen LogP contribution in [0.2, 0.25) is 0 Å². The average Bonchev–Trinajstić information content (AvgIpc) is 3.13. The third-order valence-electron chi connectivity index (χ3n) is 3.06. The van der Waals surface area contributed by atoms with Crippen molar-refractivity contribution in [1.29, 1.82) is 0 Å². The Balaban J connectivity index is 1.89. The first-order valence-electron chi connectivity index (χ1n) is 6.27. The highest BCUT2D eigenvalue weighted by Crippen LogP contribution is 2.31. The van der Waals surface area contributed by atoms with E-state index < -0.39 is 0 Å². The zero-order valence-electron chi connectivity index (χ0n) is 10.7. The molecular formula is C16H15NOS. The molecule has 1 unspecified atom stereocenters. The predicted molar refractivity (Wildman–Crippen MR) is 80.5 cm³/mol. The number of rotatable bonds is 4. The van der Waals surface area contributed by atoms with Crippen molar-refractivity contribution in [3.63, 3.8) is 0 Å². The molecule has 0 spiro atoms. The van der Waals surface area contributed by atoms with Gasteiger partial charge in [-0.15, -0.1) is 11.3 Å². The first-order valence-corrected chi connectivity index (χ1v) is 7.15. The van der Waals surface area contributed by atoms with Crippen LogP contribution in [0.3, 0.4) is 0 Å². The summed E-state index contributed by atoms with van der Waals surface area (Å²) in [5.74, 6) is 0.890. The van der Waals surface area contributed by atoms with Crippen LogP contribution < -0.4 is 5.32 Å². The summed E-state index contributed by atoms with van der Waals surface area (Å²) in [5.41, 5.74) is 2.19. The number of hydrogen-bond donors (Lipinski definition) is 1. The summed E-state index contributed by atoms with van der Waals surface area (Å²) in [6.45, 7) is 2.17. The minimum absolute atomic E-state index is 0.288. The first-order chi connectivity index (χ1) is 9.34. The third-order valence-corrected chi connectivity index (χ3v) is 4.11. The van der Waals surface area contributed by atoms with Crippen LogP contribution in [0.5, 0.6) is 0 Å². The molecule has 1 N–H and O–H groups in total. The van der Waals surface area contributed by atoms with Crippen LogP contribution in [0.4, 0.5) is 5.69 Å². The molecule has 19 heavy (non-hydrogen) atoms. The van der Waals surface area contributed by atoms with E-state index in [-0.39, 0.29) is 6.04 Å². The second-order valence-corrected chi connectivity index (χ2v) is 5.38. The maximum absolute atomic E-state index is 5.50. The van der Waals surface area contributed by atoms with E-state index in [1.54, 1.807) is 17.6 Å². The Morgan fingerprint density at radius 1 is 1.05 bits per heavy atom. The Morgan fingerprint density at radius 3 is 2.68 bits per heavy atom. The molecule has 0 bridgehead atoms. The fraction of sp³-hybridized carbons (Fsp3) is 0.125. The maximum atomic E-state index is 5.50. The Labute approximate surface area is 116 Å². The van der Waals surface area contributed by atoms with E-state index in [1.165, 1.54) is 4.88 Å². The van der Waals surface area contributed by atoms with Gasteiger partial charge in [0.15, 0.2) is 0 Å². The normalized spacial score (nSPS) is 12.3. The van der Waals surface area contributed by atoms with Gasteiger partial charge in [-0.05, 0) is 42.6 Å². The van der Waals surface area contributed by atoms with Crippen molar-refractivity contribution in [2.45, 2.75) is 13.0 Å². The molecule has 2 nitrogen and oxygen atoms in total. The smallest absolute Gasteiger partial charge is 0.135 e. The molecule has 0 radical (unpaired) electrons. The topological polar surface area (TPSA) is 25.2 Å². The molecule has 0 saturated heterocycles. The number of para-hydroxylation sites is 1. The lowest BCUT2D eigenvalue weighted by Gasteiger charge is -2.16. The number of hydrogen-bond acceptors (Lipinski definition) is 3. The number of furan rings is 1. The minimum atomic E-state index is 0.288. The van der Waals surface area contributed by atoms with E-state index in [2.05, 4.69) is 41.9 Å². The Kier molecular flexibility index (Phi) is 3.38.